The Bertz CT molecular complexity index is 437. The number of aliphatic carboxylic acids is 1. The number of carbonyl (C=O) groups is 2. The molecule has 0 saturated heterocycles. The van der Waals surface area contributed by atoms with Gasteiger partial charge in [0.25, 0.3) is 0 Å². The molecule has 0 unspecified atom stereocenters. The van der Waals surface area contributed by atoms with Crippen molar-refractivity contribution in [3.63, 3.8) is 0 Å². The SMILES string of the molecule is CCCOc1ccc(NC(=O)C=CC(=O)O)cc1. The van der Waals surface area contributed by atoms with Crippen LogP contribution >= 0.6 is 0 Å². The summed E-state index contributed by atoms with van der Waals surface area (Å²) >= 11 is 0. The van der Waals surface area contributed by atoms with Gasteiger partial charge in [0.05, 0.1) is 6.61 Å². The number of rotatable bonds is 6. The van der Waals surface area contributed by atoms with Crippen LogP contribution < -0.4 is 10.1 Å². The normalized spacial score (nSPS) is 10.3. The van der Waals surface area contributed by atoms with Crippen LogP contribution in [-0.2, 0) is 9.59 Å². The molecule has 0 atom stereocenters. The second-order valence-electron chi connectivity index (χ2n) is 3.53. The average molecular weight is 249 g/mol. The van der Waals surface area contributed by atoms with E-state index in [-0.39, 0.29) is 0 Å². The van der Waals surface area contributed by atoms with E-state index in [1.807, 2.05) is 6.92 Å². The molecule has 0 aliphatic carbocycles. The van der Waals surface area contributed by atoms with Gasteiger partial charge in [-0.05, 0) is 30.7 Å². The third-order valence-corrected chi connectivity index (χ3v) is 1.97. The lowest BCUT2D eigenvalue weighted by Crippen LogP contribution is -2.08. The maximum atomic E-state index is 11.3. The summed E-state index contributed by atoms with van der Waals surface area (Å²) in [6.07, 6.45) is 2.68. The number of anilines is 1. The summed E-state index contributed by atoms with van der Waals surface area (Å²) in [6, 6.07) is 6.87. The molecule has 0 saturated carbocycles. The second kappa shape index (κ2) is 7.11. The van der Waals surface area contributed by atoms with E-state index < -0.39 is 11.9 Å². The van der Waals surface area contributed by atoms with Crippen LogP contribution in [0.25, 0.3) is 0 Å². The number of carboxylic acids is 1. The highest BCUT2D eigenvalue weighted by molar-refractivity contribution is 6.02. The van der Waals surface area contributed by atoms with Gasteiger partial charge in [-0.3, -0.25) is 4.79 Å². The van der Waals surface area contributed by atoms with Gasteiger partial charge in [0, 0.05) is 17.8 Å². The number of amides is 1. The summed E-state index contributed by atoms with van der Waals surface area (Å²) in [5, 5.41) is 10.9. The molecular formula is C13H15NO4. The number of hydrogen-bond donors (Lipinski definition) is 2. The van der Waals surface area contributed by atoms with Gasteiger partial charge < -0.3 is 15.2 Å². The Kier molecular flexibility index (Phi) is 5.44. The first-order valence-corrected chi connectivity index (χ1v) is 5.56. The zero-order chi connectivity index (χ0) is 13.4. The Balaban J connectivity index is 2.53. The van der Waals surface area contributed by atoms with Crippen LogP contribution in [0.15, 0.2) is 36.4 Å². The van der Waals surface area contributed by atoms with Crippen molar-refractivity contribution < 1.29 is 19.4 Å². The Labute approximate surface area is 105 Å². The van der Waals surface area contributed by atoms with Crippen LogP contribution in [0, 0.1) is 0 Å². The van der Waals surface area contributed by atoms with E-state index in [1.165, 1.54) is 0 Å². The maximum Gasteiger partial charge on any atom is 0.328 e. The fraction of sp³-hybridized carbons (Fsp3) is 0.231. The molecule has 0 spiro atoms. The van der Waals surface area contributed by atoms with Crippen LogP contribution in [0.4, 0.5) is 5.69 Å². The Morgan fingerprint density at radius 1 is 1.28 bits per heavy atom. The zero-order valence-corrected chi connectivity index (χ0v) is 10.1. The number of carbonyl (C=O) groups excluding carboxylic acids is 1. The molecule has 1 aromatic carbocycles. The minimum Gasteiger partial charge on any atom is -0.494 e. The van der Waals surface area contributed by atoms with Crippen molar-refractivity contribution in [2.24, 2.45) is 0 Å². The molecule has 0 heterocycles. The third kappa shape index (κ3) is 5.16. The van der Waals surface area contributed by atoms with Gasteiger partial charge >= 0.3 is 5.97 Å². The highest BCUT2D eigenvalue weighted by Crippen LogP contribution is 2.15. The number of nitrogens with one attached hydrogen (secondary N) is 1. The van der Waals surface area contributed by atoms with Crippen LogP contribution in [0.1, 0.15) is 13.3 Å². The van der Waals surface area contributed by atoms with Crippen molar-refractivity contribution in [1.29, 1.82) is 0 Å². The molecule has 0 bridgehead atoms. The van der Waals surface area contributed by atoms with E-state index in [2.05, 4.69) is 5.32 Å². The summed E-state index contributed by atoms with van der Waals surface area (Å²) in [5.74, 6) is -0.913. The standard InChI is InChI=1S/C13H15NO4/c1-2-9-18-11-5-3-10(4-6-11)14-12(15)7-8-13(16)17/h3-8H,2,9H2,1H3,(H,14,15)(H,16,17). The first-order chi connectivity index (χ1) is 8.61. The topological polar surface area (TPSA) is 75.6 Å². The molecule has 2 N–H and O–H groups in total. The second-order valence-corrected chi connectivity index (χ2v) is 3.53. The molecule has 1 aromatic rings. The fourth-order valence-electron chi connectivity index (χ4n) is 1.19. The predicted octanol–water partition coefficient (Wildman–Crippen LogP) is 2.05. The van der Waals surface area contributed by atoms with Gasteiger partial charge in [0.1, 0.15) is 5.75 Å². The molecule has 0 fully saturated rings. The van der Waals surface area contributed by atoms with Gasteiger partial charge in [0.2, 0.25) is 5.91 Å². The molecule has 0 aromatic heterocycles. The molecular weight excluding hydrogens is 234 g/mol. The number of ether oxygens (including phenoxy) is 1. The minimum atomic E-state index is -1.16. The maximum absolute atomic E-state index is 11.3. The molecule has 1 rings (SSSR count). The highest BCUT2D eigenvalue weighted by atomic mass is 16.5. The average Bonchev–Trinajstić information content (AvgIpc) is 2.35. The van der Waals surface area contributed by atoms with Crippen LogP contribution in [0.2, 0.25) is 0 Å². The van der Waals surface area contributed by atoms with Gasteiger partial charge in [-0.15, -0.1) is 0 Å². The lowest BCUT2D eigenvalue weighted by molar-refractivity contribution is -0.131. The summed E-state index contributed by atoms with van der Waals surface area (Å²) in [6.45, 7) is 2.66. The van der Waals surface area contributed by atoms with Crippen LogP contribution in [0.3, 0.4) is 0 Å². The third-order valence-electron chi connectivity index (χ3n) is 1.97. The largest absolute Gasteiger partial charge is 0.494 e. The van der Waals surface area contributed by atoms with Crippen LogP contribution in [-0.4, -0.2) is 23.6 Å². The Morgan fingerprint density at radius 2 is 1.94 bits per heavy atom. The monoisotopic (exact) mass is 249 g/mol. The smallest absolute Gasteiger partial charge is 0.328 e. The van der Waals surface area contributed by atoms with Crippen LogP contribution in [0.5, 0.6) is 5.75 Å². The Morgan fingerprint density at radius 3 is 2.50 bits per heavy atom. The fourth-order valence-corrected chi connectivity index (χ4v) is 1.19. The zero-order valence-electron chi connectivity index (χ0n) is 10.1. The first-order valence-electron chi connectivity index (χ1n) is 5.56. The molecule has 96 valence electrons. The molecule has 0 radical (unpaired) electrons. The van der Waals surface area contributed by atoms with Gasteiger partial charge in [-0.2, -0.15) is 0 Å². The molecule has 1 amide bonds. The molecule has 5 nitrogen and oxygen atoms in total. The van der Waals surface area contributed by atoms with E-state index in [9.17, 15) is 9.59 Å². The molecule has 18 heavy (non-hydrogen) atoms. The van der Waals surface area contributed by atoms with E-state index >= 15 is 0 Å². The summed E-state index contributed by atoms with van der Waals surface area (Å²) in [5.41, 5.74) is 0.582. The number of benzene rings is 1. The summed E-state index contributed by atoms with van der Waals surface area (Å²) in [4.78, 5) is 21.5. The number of hydrogen-bond acceptors (Lipinski definition) is 3. The summed E-state index contributed by atoms with van der Waals surface area (Å²) < 4.78 is 5.39. The van der Waals surface area contributed by atoms with Crippen molar-refractivity contribution in [2.75, 3.05) is 11.9 Å². The lowest BCUT2D eigenvalue weighted by Gasteiger charge is -2.06. The van der Waals surface area contributed by atoms with E-state index in [0.29, 0.717) is 12.3 Å². The highest BCUT2D eigenvalue weighted by Gasteiger charge is 1.99. The Hall–Kier alpha value is -2.30. The van der Waals surface area contributed by atoms with Gasteiger partial charge in [0.15, 0.2) is 0 Å². The first kappa shape index (κ1) is 13.8. The van der Waals surface area contributed by atoms with E-state index in [1.54, 1.807) is 24.3 Å². The minimum absolute atomic E-state index is 0.486. The van der Waals surface area contributed by atoms with Crippen molar-refractivity contribution >= 4 is 17.6 Å². The van der Waals surface area contributed by atoms with E-state index in [0.717, 1.165) is 24.3 Å². The number of carboxylic acid groups (broad SMARTS) is 1. The van der Waals surface area contributed by atoms with Crippen molar-refractivity contribution in [1.82, 2.24) is 0 Å². The quantitative estimate of drug-likeness (QED) is 0.756. The molecule has 0 aliphatic rings. The predicted molar refractivity (Wildman–Crippen MR) is 67.6 cm³/mol. The van der Waals surface area contributed by atoms with E-state index in [4.69, 9.17) is 9.84 Å². The van der Waals surface area contributed by atoms with Crippen molar-refractivity contribution in [3.8, 4) is 5.75 Å². The summed E-state index contributed by atoms with van der Waals surface area (Å²) in [7, 11) is 0. The van der Waals surface area contributed by atoms with Crippen molar-refractivity contribution in [2.45, 2.75) is 13.3 Å². The molecule has 5 heteroatoms. The van der Waals surface area contributed by atoms with Gasteiger partial charge in [-0.25, -0.2) is 4.79 Å². The lowest BCUT2D eigenvalue weighted by atomic mass is 10.3. The molecule has 0 aliphatic heterocycles. The van der Waals surface area contributed by atoms with Crippen molar-refractivity contribution in [3.05, 3.63) is 36.4 Å². The van der Waals surface area contributed by atoms with Gasteiger partial charge in [-0.1, -0.05) is 6.92 Å².